The third-order valence-corrected chi connectivity index (χ3v) is 8.87. The summed E-state index contributed by atoms with van der Waals surface area (Å²) in [6.45, 7) is 10.5. The van der Waals surface area contributed by atoms with Crippen LogP contribution in [0.25, 0.3) is 11.3 Å². The zero-order valence-corrected chi connectivity index (χ0v) is 24.8. The Morgan fingerprint density at radius 3 is 2.50 bits per heavy atom. The van der Waals surface area contributed by atoms with Gasteiger partial charge < -0.3 is 30.1 Å². The summed E-state index contributed by atoms with van der Waals surface area (Å²) in [5.74, 6) is -0.656. The largest absolute Gasteiger partial charge is 0.366 e. The number of fused-ring (bicyclic) bond motifs is 1. The first-order chi connectivity index (χ1) is 19.0. The van der Waals surface area contributed by atoms with Gasteiger partial charge in [0.05, 0.1) is 11.7 Å². The highest BCUT2D eigenvalue weighted by Crippen LogP contribution is 2.31. The molecule has 216 valence electrons. The third kappa shape index (κ3) is 6.07. The number of nitrogens with one attached hydrogen (secondary N) is 2. The molecule has 40 heavy (non-hydrogen) atoms. The normalized spacial score (nSPS) is 24.3. The highest BCUT2D eigenvalue weighted by Gasteiger charge is 2.52. The van der Waals surface area contributed by atoms with Crippen LogP contribution in [0.15, 0.2) is 29.6 Å². The van der Waals surface area contributed by atoms with Crippen molar-refractivity contribution in [2.75, 3.05) is 58.3 Å². The molecule has 3 fully saturated rings. The Kier molecular flexibility index (Phi) is 8.28. The maximum atomic E-state index is 13.8. The maximum absolute atomic E-state index is 13.8. The first-order valence-electron chi connectivity index (χ1n) is 14.0. The van der Waals surface area contributed by atoms with Crippen LogP contribution in [0, 0.1) is 5.41 Å². The zero-order chi connectivity index (χ0) is 28.6. The topological polar surface area (TPSA) is 107 Å². The van der Waals surface area contributed by atoms with E-state index < -0.39 is 12.1 Å². The molecule has 2 aromatic rings. The first-order valence-corrected chi connectivity index (χ1v) is 14.8. The van der Waals surface area contributed by atoms with Gasteiger partial charge in [-0.15, -0.1) is 11.3 Å². The van der Waals surface area contributed by atoms with Gasteiger partial charge in [-0.05, 0) is 38.1 Å². The van der Waals surface area contributed by atoms with Crippen molar-refractivity contribution in [3.63, 3.8) is 0 Å². The summed E-state index contributed by atoms with van der Waals surface area (Å²) in [4.78, 5) is 50.8. The van der Waals surface area contributed by atoms with E-state index in [9.17, 15) is 14.4 Å². The van der Waals surface area contributed by atoms with Crippen LogP contribution in [0.5, 0.6) is 0 Å². The number of likely N-dealkylation sites (tertiary alicyclic amines) is 1. The number of ketones is 1. The lowest BCUT2D eigenvalue weighted by atomic mass is 9.87. The smallest absolute Gasteiger partial charge is 0.251 e. The summed E-state index contributed by atoms with van der Waals surface area (Å²) in [6, 6.07) is 5.84. The molecule has 3 saturated heterocycles. The molecule has 5 rings (SSSR count). The third-order valence-electron chi connectivity index (χ3n) is 7.97. The van der Waals surface area contributed by atoms with Crippen molar-refractivity contribution in [3.8, 4) is 11.3 Å². The second-order valence-corrected chi connectivity index (χ2v) is 13.1. The van der Waals surface area contributed by atoms with Crippen LogP contribution in [0.3, 0.4) is 0 Å². The minimum Gasteiger partial charge on any atom is -0.366 e. The zero-order valence-electron chi connectivity index (χ0n) is 24.0. The number of carbonyl (C=O) groups excluding carboxylic acids is 3. The minimum absolute atomic E-state index is 0.00972. The van der Waals surface area contributed by atoms with Crippen LogP contribution in [-0.4, -0.2) is 110 Å². The molecule has 4 heterocycles. The number of Topliss-reactive ketones (excluding diaryl/α,β-unsaturated/α-hetero) is 1. The average Bonchev–Trinajstić information content (AvgIpc) is 3.65. The number of ether oxygens (including phenoxy) is 1. The summed E-state index contributed by atoms with van der Waals surface area (Å²) < 4.78 is 5.69. The summed E-state index contributed by atoms with van der Waals surface area (Å²) >= 11 is 1.64. The van der Waals surface area contributed by atoms with Crippen molar-refractivity contribution < 1.29 is 19.1 Å². The van der Waals surface area contributed by atoms with E-state index in [1.54, 1.807) is 35.4 Å². The van der Waals surface area contributed by atoms with Crippen LogP contribution in [0.2, 0.25) is 0 Å². The van der Waals surface area contributed by atoms with Crippen molar-refractivity contribution in [2.45, 2.75) is 51.4 Å². The van der Waals surface area contributed by atoms with E-state index in [0.29, 0.717) is 18.5 Å². The van der Waals surface area contributed by atoms with Crippen molar-refractivity contribution in [1.29, 1.82) is 0 Å². The number of thiazole rings is 1. The van der Waals surface area contributed by atoms with E-state index in [1.807, 2.05) is 32.9 Å². The summed E-state index contributed by atoms with van der Waals surface area (Å²) in [7, 11) is 3.94. The molecule has 10 nitrogen and oxygen atoms in total. The number of aromatic nitrogens is 1. The first kappa shape index (κ1) is 28.7. The molecule has 3 aliphatic heterocycles. The predicted octanol–water partition coefficient (Wildman–Crippen LogP) is 1.86. The quantitative estimate of drug-likeness (QED) is 0.522. The molecule has 0 aliphatic carbocycles. The van der Waals surface area contributed by atoms with Crippen molar-refractivity contribution >= 4 is 34.1 Å². The molecule has 0 spiro atoms. The van der Waals surface area contributed by atoms with E-state index >= 15 is 0 Å². The molecule has 1 unspecified atom stereocenters. The summed E-state index contributed by atoms with van der Waals surface area (Å²) in [5.41, 5.74) is 2.08. The Morgan fingerprint density at radius 1 is 1.15 bits per heavy atom. The number of rotatable bonds is 7. The fraction of sp³-hybridized carbons (Fsp3) is 0.586. The molecule has 2 N–H and O–H groups in total. The average molecular weight is 569 g/mol. The Hall–Kier alpha value is -2.86. The second kappa shape index (κ2) is 11.6. The molecule has 4 atom stereocenters. The Morgan fingerprint density at radius 2 is 1.85 bits per heavy atom. The number of hydrogen-bond acceptors (Lipinski definition) is 9. The molecular weight excluding hydrogens is 528 g/mol. The van der Waals surface area contributed by atoms with E-state index in [-0.39, 0.29) is 41.8 Å². The van der Waals surface area contributed by atoms with Crippen molar-refractivity contribution in [2.24, 2.45) is 5.41 Å². The molecule has 0 radical (unpaired) electrons. The molecule has 1 aromatic heterocycles. The van der Waals surface area contributed by atoms with Crippen molar-refractivity contribution in [3.05, 3.63) is 35.2 Å². The van der Waals surface area contributed by atoms with Gasteiger partial charge in [0, 0.05) is 49.2 Å². The van der Waals surface area contributed by atoms with Gasteiger partial charge in [0.2, 0.25) is 5.91 Å². The lowest BCUT2D eigenvalue weighted by molar-refractivity contribution is -0.138. The van der Waals surface area contributed by atoms with Crippen molar-refractivity contribution in [1.82, 2.24) is 25.4 Å². The minimum atomic E-state index is -0.762. The van der Waals surface area contributed by atoms with Gasteiger partial charge in [-0.2, -0.15) is 0 Å². The number of hydrogen-bond donors (Lipinski definition) is 2. The van der Waals surface area contributed by atoms with Gasteiger partial charge >= 0.3 is 0 Å². The highest BCUT2D eigenvalue weighted by atomic mass is 32.1. The molecule has 0 bridgehead atoms. The van der Waals surface area contributed by atoms with Crippen LogP contribution in [-0.2, 0) is 14.3 Å². The lowest BCUT2D eigenvalue weighted by Gasteiger charge is -2.32. The molecule has 11 heteroatoms. The van der Waals surface area contributed by atoms with Gasteiger partial charge in [-0.25, -0.2) is 4.98 Å². The van der Waals surface area contributed by atoms with E-state index in [0.717, 1.165) is 42.6 Å². The number of likely N-dealkylation sites (N-methyl/N-ethyl adjacent to an activating group) is 2. The van der Waals surface area contributed by atoms with Gasteiger partial charge in [0.15, 0.2) is 10.9 Å². The number of amides is 2. The molecule has 2 amide bonds. The molecule has 0 saturated carbocycles. The monoisotopic (exact) mass is 568 g/mol. The molecule has 3 aliphatic rings. The van der Waals surface area contributed by atoms with Gasteiger partial charge in [-0.3, -0.25) is 14.4 Å². The van der Waals surface area contributed by atoms with E-state index in [2.05, 4.69) is 32.9 Å². The van der Waals surface area contributed by atoms with Gasteiger partial charge in [0.25, 0.3) is 5.91 Å². The van der Waals surface area contributed by atoms with E-state index in [1.165, 1.54) is 0 Å². The number of benzene rings is 1. The second-order valence-electron chi connectivity index (χ2n) is 12.2. The number of carbonyl (C=O) groups is 3. The molecule has 1 aromatic carbocycles. The standard InChI is InChI=1S/C29H40N6O4S/c1-29(2,3)14-20(27(38)35-15-21(30-4)25-24(35)23(36)16-39-25)31-26(37)19-8-6-18(7-9-19)22-17-40-28(32-22)34-12-10-33(5)11-13-34/h6-9,17,20-21,24-25,30H,10-16H2,1-5H3,(H,31,37)/t20?,21-,24+,25+/m0/s1. The molecular formula is C29H40N6O4S. The van der Waals surface area contributed by atoms with Gasteiger partial charge in [0.1, 0.15) is 24.8 Å². The summed E-state index contributed by atoms with van der Waals surface area (Å²) in [6.07, 6.45) is 0.0823. The van der Waals surface area contributed by atoms with E-state index in [4.69, 9.17) is 9.72 Å². The highest BCUT2D eigenvalue weighted by molar-refractivity contribution is 7.14. The summed E-state index contributed by atoms with van der Waals surface area (Å²) in [5, 5.41) is 9.21. The van der Waals surface area contributed by atoms with Gasteiger partial charge in [-0.1, -0.05) is 32.9 Å². The Balaban J connectivity index is 1.28. The number of nitrogens with zero attached hydrogens (tertiary/aromatic N) is 4. The number of piperazine rings is 1. The maximum Gasteiger partial charge on any atom is 0.251 e. The van der Waals surface area contributed by atoms with Crippen LogP contribution in [0.1, 0.15) is 37.6 Å². The Bertz CT molecular complexity index is 1230. The van der Waals surface area contributed by atoms with Crippen LogP contribution >= 0.6 is 11.3 Å². The fourth-order valence-electron chi connectivity index (χ4n) is 5.72. The fourth-order valence-corrected chi connectivity index (χ4v) is 6.61. The lowest BCUT2D eigenvalue weighted by Crippen LogP contribution is -2.53. The Labute approximate surface area is 240 Å². The van der Waals surface area contributed by atoms with Crippen LogP contribution in [0.4, 0.5) is 5.13 Å². The van der Waals surface area contributed by atoms with Crippen LogP contribution < -0.4 is 15.5 Å². The number of anilines is 1. The predicted molar refractivity (Wildman–Crippen MR) is 156 cm³/mol. The SMILES string of the molecule is CN[C@H]1CN(C(=O)C(CC(C)(C)C)NC(=O)c2ccc(-c3csc(N4CCN(C)CC4)n3)cc2)[C@@H]2C(=O)CO[C@H]12.